The van der Waals surface area contributed by atoms with Crippen LogP contribution in [0.1, 0.15) is 126 Å². The van der Waals surface area contributed by atoms with Gasteiger partial charge in [-0.3, -0.25) is 18.6 Å². The number of ether oxygens (including phenoxy) is 17. The number of nitrogens with two attached hydrogens (primary N) is 1. The fourth-order valence-electron chi connectivity index (χ4n) is 11.5. The zero-order valence-corrected chi connectivity index (χ0v) is 90.2. The third kappa shape index (κ3) is 62.5. The van der Waals surface area contributed by atoms with Crippen molar-refractivity contribution in [2.75, 3.05) is 188 Å². The number of aliphatic hydroxyl groups is 9. The van der Waals surface area contributed by atoms with Crippen LogP contribution in [0.5, 0.6) is 23.0 Å². The van der Waals surface area contributed by atoms with Gasteiger partial charge in [0.05, 0.1) is 173 Å². The van der Waals surface area contributed by atoms with Crippen molar-refractivity contribution in [3.8, 4) is 23.0 Å². The van der Waals surface area contributed by atoms with Crippen LogP contribution in [0.4, 0.5) is 4.79 Å². The maximum atomic E-state index is 12.5. The molecule has 3 aliphatic heterocycles. The van der Waals surface area contributed by atoms with Crippen molar-refractivity contribution < 1.29 is 177 Å². The van der Waals surface area contributed by atoms with Gasteiger partial charge in [-0.15, -0.1) is 0 Å². The van der Waals surface area contributed by atoms with E-state index >= 15 is 0 Å². The van der Waals surface area contributed by atoms with E-state index in [0.717, 1.165) is 28.5 Å². The van der Waals surface area contributed by atoms with Gasteiger partial charge in [0.2, 0.25) is 11.8 Å². The maximum Gasteiger partial charge on any atom is 0.408 e. The first kappa shape index (κ1) is 135. The van der Waals surface area contributed by atoms with Crippen LogP contribution in [0.2, 0.25) is 0 Å². The number of esters is 4. The van der Waals surface area contributed by atoms with Crippen molar-refractivity contribution >= 4 is 64.7 Å². The van der Waals surface area contributed by atoms with E-state index in [2.05, 4.69) is 44.9 Å². The molecule has 0 saturated carbocycles. The number of methoxy groups -OCH3 is 6. The van der Waals surface area contributed by atoms with Gasteiger partial charge in [-0.2, -0.15) is 8.42 Å². The Kier molecular flexibility index (Phi) is 68.3. The number of carbonyl (C=O) groups excluding carboxylic acids is 7. The Bertz CT molecular complexity index is 4510. The molecule has 5 unspecified atom stereocenters. The third-order valence-electron chi connectivity index (χ3n) is 21.0. The Balaban J connectivity index is 0.00000175. The predicted molar refractivity (Wildman–Crippen MR) is 541 cm³/mol. The molecule has 3 amide bonds. The molecule has 838 valence electrons. The summed E-state index contributed by atoms with van der Waals surface area (Å²) in [5.74, 6) is -4.27. The lowest BCUT2D eigenvalue weighted by molar-refractivity contribution is -0.265. The molecule has 14 N–H and O–H groups in total. The summed E-state index contributed by atoms with van der Waals surface area (Å²) in [7, 11) is 4.91. The molecule has 0 aliphatic carbocycles. The molecule has 0 aromatic heterocycles. The van der Waals surface area contributed by atoms with Crippen LogP contribution in [0.15, 0.2) is 107 Å². The van der Waals surface area contributed by atoms with Crippen LogP contribution in [-0.4, -0.2) is 350 Å². The highest BCUT2D eigenvalue weighted by Gasteiger charge is 2.35. The molecule has 7 rings (SSSR count). The summed E-state index contributed by atoms with van der Waals surface area (Å²) >= 11 is 0.481. The molecule has 4 aromatic carbocycles. The van der Waals surface area contributed by atoms with Crippen LogP contribution in [-0.2, 0) is 135 Å². The van der Waals surface area contributed by atoms with Crippen molar-refractivity contribution in [1.29, 1.82) is 1.12 Å². The lowest BCUT2D eigenvalue weighted by Gasteiger charge is -2.34. The summed E-state index contributed by atoms with van der Waals surface area (Å²) < 4.78 is 127. The molecule has 47 nitrogen and oxygen atoms in total. The Morgan fingerprint density at radius 2 is 0.741 bits per heavy atom. The zero-order chi connectivity index (χ0) is 112. The number of hydrogen-bond donors (Lipinski definition) is 14. The highest BCUT2D eigenvalue weighted by Crippen LogP contribution is 2.27. The smallest absolute Gasteiger partial charge is 0.408 e. The first-order chi connectivity index (χ1) is 69.7. The number of aliphatic hydroxyl groups excluding tert-OH is 9. The number of nitrogens with zero attached hydrogens (tertiary/aromatic N) is 6. The second-order valence-corrected chi connectivity index (χ2v) is 39.2. The zero-order valence-electron chi connectivity index (χ0n) is 89.6. The molecule has 4 aromatic rings. The fraction of sp³-hybridized carbons (Fsp3) is 0.684. The number of benzene rings is 4. The molecule has 3 fully saturated rings. The lowest BCUT2D eigenvalue weighted by atomic mass is 10.0. The van der Waals surface area contributed by atoms with Crippen molar-refractivity contribution in [3.63, 3.8) is 0 Å². The molecule has 0 bridgehead atoms. The fourth-order valence-corrected chi connectivity index (χ4v) is 12.2. The summed E-state index contributed by atoms with van der Waals surface area (Å²) in [6.07, 6.45) is 1.37. The monoisotopic (exact) mass is 2140 g/mol. The minimum atomic E-state index is -3.36. The number of amides is 3. The number of nitrogens with one attached hydrogen (secondary N) is 3. The summed E-state index contributed by atoms with van der Waals surface area (Å²) in [5, 5.41) is 93.3. The minimum Gasteiger partial charge on any atom is -0.493 e. The van der Waals surface area contributed by atoms with Crippen molar-refractivity contribution in [2.24, 2.45) is 69.2 Å². The summed E-state index contributed by atoms with van der Waals surface area (Å²) in [6, 6.07) is 22.9. The second kappa shape index (κ2) is 74.3. The molecular weight excluding hydrogens is 1970 g/mol. The van der Waals surface area contributed by atoms with E-state index in [1.54, 1.807) is 123 Å². The van der Waals surface area contributed by atoms with Crippen LogP contribution in [0, 0.1) is 53.3 Å². The van der Waals surface area contributed by atoms with E-state index in [9.17, 15) is 47.1 Å². The number of thiol groups is 1. The van der Waals surface area contributed by atoms with E-state index in [-0.39, 0.29) is 165 Å². The van der Waals surface area contributed by atoms with Gasteiger partial charge in [0.15, 0.2) is 23.1 Å². The molecule has 147 heavy (non-hydrogen) atoms. The number of alkyl carbamates (subject to hydrolysis) is 1. The average molecular weight is 2140 g/mol. The van der Waals surface area contributed by atoms with Gasteiger partial charge in [-0.1, -0.05) is 86.5 Å². The Labute approximate surface area is 869 Å². The third-order valence-corrected chi connectivity index (χ3v) is 21.7. The molecule has 3 saturated heterocycles. The second-order valence-electron chi connectivity index (χ2n) is 37.3. The lowest BCUT2D eigenvalue weighted by Crippen LogP contribution is -2.47. The highest BCUT2D eigenvalue weighted by molar-refractivity contribution is 7.86. The first-order valence-electron chi connectivity index (χ1n) is 47.7. The number of azide groups is 2. The molecule has 3 heterocycles. The van der Waals surface area contributed by atoms with Crippen LogP contribution >= 0.6 is 12.8 Å². The van der Waals surface area contributed by atoms with E-state index in [4.69, 9.17) is 139 Å². The molecule has 0 radical (unpaired) electrons. The predicted octanol–water partition coefficient (Wildman–Crippen LogP) is 6.39. The SMILES string of the molecule is CC1(C)OCC(CO)CO1.CC1(C)OCC(COS(C)(=O)=O)CO1.COC(=O)C(Cc1ccc(OCC(CO)CO)cc1)NC(=O)[C@@H](N=[N+]=[N-])C(C)C.COC(=O)C(Cc1ccc(OCC2COC(C)(C)OC2)cc1)NC(=O)OC(C)(C)C.COC(=O)C(N)Cc1ccc(OCC(CO)CO)cc1.COC(C)(C)OC.OCC(CO)CO.[3H]SOCC(CO)COc1ccc(CC(NC(=O)[C@@H](N=[N+]=[N-])C(C)C)C(=O)OC)cc1. The van der Waals surface area contributed by atoms with E-state index < -0.39 is 117 Å². The van der Waals surface area contributed by atoms with Crippen LogP contribution in [0.3, 0.4) is 0 Å². The van der Waals surface area contributed by atoms with Crippen molar-refractivity contribution in [3.05, 3.63) is 140 Å². The maximum absolute atomic E-state index is 12.5. The van der Waals surface area contributed by atoms with Crippen molar-refractivity contribution in [1.82, 2.24) is 16.0 Å². The quantitative estimate of drug-likeness (QED) is 0.00262. The van der Waals surface area contributed by atoms with Gasteiger partial charge in [-0.05, 0) is 189 Å². The van der Waals surface area contributed by atoms with Crippen LogP contribution < -0.4 is 40.6 Å². The van der Waals surface area contributed by atoms with E-state index in [0.29, 0.717) is 88.5 Å². The Morgan fingerprint density at radius 1 is 0.449 bits per heavy atom. The van der Waals surface area contributed by atoms with Gasteiger partial charge in [0.1, 0.15) is 66.0 Å². The Hall–Kier alpha value is -9.71. The molecule has 7 atom stereocenters. The molecule has 0 spiro atoms. The standard InChI is InChI=1S/C22H33NO7.C19H28N4O6S.C19H28N4O6.C14H21NO5.C8H16O5S.C7H14O3.C5H12O2.C4H10O3/c1-21(2,3)30-20(25)23-18(19(24)26-6)11-15-7-9-17(10-8-15)27-12-16-13-28-22(4,5)29-14-16;1-12(2)17(22-23-20)18(25)21-16(19(26)27-3)8-13-4-6-15(7-5-13)28-10-14(9-24)11-29-30;1-12(2)17(22-23-20)18(26)21-16(19(27)28-3)8-13-4-6-15(7-5-13)29-11-14(9-24)10-25;1-19-14(18)13(15)6-10-2-4-12(5-3-10)20-9-11(7-16)8-17;1-8(2)11-4-7(5-12-8)6-13-14(3,9)10;1-7(2)9-4-6(3-8)5-10-7;1-5(2,6-3)7-4;5-1-4(2-6)3-7/h7-10,16,18H,11-14H2,1-6H3,(H,23,25);4-7,12,14,16-17,24,30H,8-11H2,1-3H3,(H,21,25);4-7,12,14,16-17,24-25H,8-11H2,1-3H3,(H,21,26);2-5,11,13,16-17H,6-9,15H2,1H3;7H,4-6H2,1-3H3;6,8H,3-5H2,1-2H3;1-4H3;4-7H,1-3H2/t;14?,16?,17-;16?,17-;;;;;/m.00...../s1/i/hT. The topological polar surface area (TPSA) is 671 Å². The first-order valence-corrected chi connectivity index (χ1v) is 49.5. The molecule has 49 heteroatoms. The highest BCUT2D eigenvalue weighted by atomic mass is 32.2. The minimum absolute atomic E-state index is 0.0160. The van der Waals surface area contributed by atoms with Gasteiger partial charge in [-0.25, -0.2) is 19.2 Å². The molecular formula is C98H162N10O37S2. The summed E-state index contributed by atoms with van der Waals surface area (Å²) in [5.41, 5.74) is 25.6. The van der Waals surface area contributed by atoms with Gasteiger partial charge in [0.25, 0.3) is 10.1 Å². The van der Waals surface area contributed by atoms with Gasteiger partial charge >= 0.3 is 30.0 Å². The average Bonchev–Trinajstić information content (AvgIpc) is 0.883. The Morgan fingerprint density at radius 3 is 1.00 bits per heavy atom. The number of carbonyl (C=O) groups is 7. The molecule has 3 aliphatic rings. The van der Waals surface area contributed by atoms with E-state index in [1.807, 2.05) is 91.8 Å². The van der Waals surface area contributed by atoms with Gasteiger partial charge in [0, 0.05) is 84.7 Å². The normalized spacial score (nSPS) is 15.8. The number of rotatable bonds is 50. The summed E-state index contributed by atoms with van der Waals surface area (Å²) in [4.78, 5) is 89.8. The largest absolute Gasteiger partial charge is 0.493 e. The van der Waals surface area contributed by atoms with Crippen LogP contribution in [0.25, 0.3) is 20.9 Å². The van der Waals surface area contributed by atoms with Gasteiger partial charge < -0.3 is 152 Å². The van der Waals surface area contributed by atoms with Crippen molar-refractivity contribution in [2.45, 2.75) is 195 Å². The van der Waals surface area contributed by atoms with E-state index in [1.165, 1.54) is 28.4 Å². The number of hydrogen-bond acceptors (Lipinski definition) is 41. The summed E-state index contributed by atoms with van der Waals surface area (Å²) in [6.45, 7) is 30.8.